The zero-order chi connectivity index (χ0) is 11.5. The zero-order valence-corrected chi connectivity index (χ0v) is 11.0. The summed E-state index contributed by atoms with van der Waals surface area (Å²) >= 11 is 12.0. The Morgan fingerprint density at radius 2 is 2.06 bits per heavy atom. The molecule has 0 radical (unpaired) electrons. The van der Waals surface area contributed by atoms with Crippen LogP contribution in [0.5, 0.6) is 0 Å². The molecule has 1 N–H and O–H groups in total. The maximum Gasteiger partial charge on any atom is 0.0595 e. The molecule has 3 heteroatoms. The van der Waals surface area contributed by atoms with E-state index >= 15 is 0 Å². The fraction of sp³-hybridized carbons (Fsp3) is 0.538. The average molecular weight is 258 g/mol. The summed E-state index contributed by atoms with van der Waals surface area (Å²) in [6, 6.07) is 6.03. The van der Waals surface area contributed by atoms with Crippen LogP contribution in [-0.2, 0) is 0 Å². The van der Waals surface area contributed by atoms with Crippen molar-refractivity contribution in [2.75, 3.05) is 13.1 Å². The summed E-state index contributed by atoms with van der Waals surface area (Å²) in [5, 5.41) is 4.74. The molecular formula is C13H17Cl2N. The van der Waals surface area contributed by atoms with Crippen molar-refractivity contribution in [2.45, 2.75) is 25.7 Å². The Kier molecular flexibility index (Phi) is 4.12. The monoisotopic (exact) mass is 257 g/mol. The lowest BCUT2D eigenvalue weighted by molar-refractivity contribution is 0.247. The summed E-state index contributed by atoms with van der Waals surface area (Å²) in [5.74, 6) is 1.42. The van der Waals surface area contributed by atoms with Crippen molar-refractivity contribution >= 4 is 23.2 Å². The largest absolute Gasteiger partial charge is 0.317 e. The van der Waals surface area contributed by atoms with Crippen LogP contribution in [0.3, 0.4) is 0 Å². The predicted molar refractivity (Wildman–Crippen MR) is 70.5 cm³/mol. The molecule has 1 aliphatic carbocycles. The Morgan fingerprint density at radius 3 is 2.62 bits per heavy atom. The molecule has 1 aliphatic rings. The van der Waals surface area contributed by atoms with Gasteiger partial charge in [0.05, 0.1) is 10.0 Å². The molecule has 1 fully saturated rings. The van der Waals surface area contributed by atoms with E-state index < -0.39 is 0 Å². The molecule has 1 saturated carbocycles. The smallest absolute Gasteiger partial charge is 0.0595 e. The van der Waals surface area contributed by atoms with Crippen LogP contribution in [0.2, 0.25) is 10.0 Å². The van der Waals surface area contributed by atoms with Crippen molar-refractivity contribution in [1.29, 1.82) is 0 Å². The van der Waals surface area contributed by atoms with E-state index in [1.165, 1.54) is 18.4 Å². The molecule has 1 aromatic carbocycles. The first kappa shape index (κ1) is 12.2. The van der Waals surface area contributed by atoms with Crippen LogP contribution in [0.25, 0.3) is 0 Å². The molecule has 1 aromatic rings. The van der Waals surface area contributed by atoms with Gasteiger partial charge in [0.2, 0.25) is 0 Å². The summed E-state index contributed by atoms with van der Waals surface area (Å²) in [4.78, 5) is 0. The Balaban J connectivity index is 2.04. The van der Waals surface area contributed by atoms with Crippen molar-refractivity contribution in [3.05, 3.63) is 33.8 Å². The molecule has 0 amide bonds. The highest BCUT2D eigenvalue weighted by molar-refractivity contribution is 6.42. The number of halogens is 2. The Morgan fingerprint density at radius 1 is 1.25 bits per heavy atom. The second kappa shape index (κ2) is 5.39. The van der Waals surface area contributed by atoms with Gasteiger partial charge >= 0.3 is 0 Å². The van der Waals surface area contributed by atoms with E-state index in [0.717, 1.165) is 19.0 Å². The molecule has 0 aromatic heterocycles. The molecule has 0 saturated heterocycles. The van der Waals surface area contributed by atoms with Crippen LogP contribution in [0.15, 0.2) is 18.2 Å². The molecule has 1 nitrogen and oxygen atoms in total. The van der Waals surface area contributed by atoms with E-state index in [2.05, 4.69) is 18.3 Å². The molecule has 2 rings (SSSR count). The zero-order valence-electron chi connectivity index (χ0n) is 9.47. The third-order valence-electron chi connectivity index (χ3n) is 3.45. The molecular weight excluding hydrogens is 241 g/mol. The number of benzene rings is 1. The van der Waals surface area contributed by atoms with Crippen LogP contribution in [-0.4, -0.2) is 13.1 Å². The Hall–Kier alpha value is -0.240. The maximum atomic E-state index is 6.04. The summed E-state index contributed by atoms with van der Waals surface area (Å²) in [5.41, 5.74) is 1.34. The first-order valence-electron chi connectivity index (χ1n) is 5.88. The lowest BCUT2D eigenvalue weighted by Gasteiger charge is -2.37. The Bertz CT molecular complexity index is 365. The summed E-state index contributed by atoms with van der Waals surface area (Å²) in [7, 11) is 0. The van der Waals surface area contributed by atoms with Crippen LogP contribution in [0.4, 0.5) is 0 Å². The van der Waals surface area contributed by atoms with E-state index in [1.807, 2.05) is 12.1 Å². The first-order chi connectivity index (χ1) is 7.72. The first-order valence-corrected chi connectivity index (χ1v) is 6.63. The second-order valence-corrected chi connectivity index (χ2v) is 5.24. The number of hydrogen-bond acceptors (Lipinski definition) is 1. The third-order valence-corrected chi connectivity index (χ3v) is 4.18. The van der Waals surface area contributed by atoms with Crippen LogP contribution in [0, 0.1) is 5.92 Å². The van der Waals surface area contributed by atoms with Crippen LogP contribution < -0.4 is 5.32 Å². The third kappa shape index (κ3) is 2.53. The normalized spacial score (nSPS) is 24.2. The van der Waals surface area contributed by atoms with E-state index in [1.54, 1.807) is 0 Å². The standard InChI is InChI=1S/C13H17Cl2N/c1-2-16-8-10-3-5-11(10)9-4-6-12(14)13(15)7-9/h4,6-7,10-11,16H,2-3,5,8H2,1H3. The highest BCUT2D eigenvalue weighted by atomic mass is 35.5. The number of rotatable bonds is 4. The minimum absolute atomic E-state index is 0.646. The highest BCUT2D eigenvalue weighted by Crippen LogP contribution is 2.43. The summed E-state index contributed by atoms with van der Waals surface area (Å²) < 4.78 is 0. The van der Waals surface area contributed by atoms with Gasteiger partial charge in [-0.3, -0.25) is 0 Å². The maximum absolute atomic E-state index is 6.04. The average Bonchev–Trinajstić information content (AvgIpc) is 2.22. The molecule has 0 spiro atoms. The fourth-order valence-corrected chi connectivity index (χ4v) is 2.63. The van der Waals surface area contributed by atoms with Gasteiger partial charge in [-0.1, -0.05) is 36.2 Å². The number of nitrogens with one attached hydrogen (secondary N) is 1. The SMILES string of the molecule is CCNCC1CCC1c1ccc(Cl)c(Cl)c1. The van der Waals surface area contributed by atoms with Gasteiger partial charge in [-0.25, -0.2) is 0 Å². The minimum Gasteiger partial charge on any atom is -0.317 e. The predicted octanol–water partition coefficient (Wildman–Crippen LogP) is 4.10. The lowest BCUT2D eigenvalue weighted by Crippen LogP contribution is -2.33. The molecule has 0 bridgehead atoms. The van der Waals surface area contributed by atoms with E-state index in [9.17, 15) is 0 Å². The summed E-state index contributed by atoms with van der Waals surface area (Å²) in [6.07, 6.45) is 2.59. The van der Waals surface area contributed by atoms with Crippen molar-refractivity contribution in [3.8, 4) is 0 Å². The second-order valence-electron chi connectivity index (χ2n) is 4.43. The van der Waals surface area contributed by atoms with Gasteiger partial charge in [0.1, 0.15) is 0 Å². The van der Waals surface area contributed by atoms with Gasteiger partial charge in [0, 0.05) is 0 Å². The Labute approximate surface area is 107 Å². The summed E-state index contributed by atoms with van der Waals surface area (Å²) in [6.45, 7) is 4.30. The van der Waals surface area contributed by atoms with Gasteiger partial charge in [-0.15, -0.1) is 0 Å². The lowest BCUT2D eigenvalue weighted by atomic mass is 9.70. The van der Waals surface area contributed by atoms with Crippen LogP contribution >= 0.6 is 23.2 Å². The van der Waals surface area contributed by atoms with Gasteiger partial charge in [-0.2, -0.15) is 0 Å². The topological polar surface area (TPSA) is 12.0 Å². The number of hydrogen-bond donors (Lipinski definition) is 1. The quantitative estimate of drug-likeness (QED) is 0.857. The fourth-order valence-electron chi connectivity index (χ4n) is 2.32. The van der Waals surface area contributed by atoms with E-state index in [4.69, 9.17) is 23.2 Å². The molecule has 2 unspecified atom stereocenters. The van der Waals surface area contributed by atoms with Gasteiger partial charge in [0.25, 0.3) is 0 Å². The van der Waals surface area contributed by atoms with E-state index in [0.29, 0.717) is 16.0 Å². The minimum atomic E-state index is 0.646. The van der Waals surface area contributed by atoms with E-state index in [-0.39, 0.29) is 0 Å². The van der Waals surface area contributed by atoms with Crippen molar-refractivity contribution < 1.29 is 0 Å². The van der Waals surface area contributed by atoms with Crippen molar-refractivity contribution in [3.63, 3.8) is 0 Å². The van der Waals surface area contributed by atoms with Gasteiger partial charge < -0.3 is 5.32 Å². The van der Waals surface area contributed by atoms with Crippen molar-refractivity contribution in [1.82, 2.24) is 5.32 Å². The molecule has 16 heavy (non-hydrogen) atoms. The van der Waals surface area contributed by atoms with Gasteiger partial charge in [0.15, 0.2) is 0 Å². The van der Waals surface area contributed by atoms with Crippen molar-refractivity contribution in [2.24, 2.45) is 5.92 Å². The molecule has 88 valence electrons. The van der Waals surface area contributed by atoms with Crippen LogP contribution in [0.1, 0.15) is 31.2 Å². The van der Waals surface area contributed by atoms with Gasteiger partial charge in [-0.05, 0) is 55.5 Å². The highest BCUT2D eigenvalue weighted by Gasteiger charge is 2.31. The molecule has 0 heterocycles. The molecule has 2 atom stereocenters. The molecule has 0 aliphatic heterocycles.